The van der Waals surface area contributed by atoms with Crippen LogP contribution in [0.25, 0.3) is 0 Å². The lowest BCUT2D eigenvalue weighted by molar-refractivity contribution is -0.125. The number of hydrogen-bond donors (Lipinski definition) is 0. The maximum absolute atomic E-state index is 13.5. The first-order valence-corrected chi connectivity index (χ1v) is 10.9. The monoisotopic (exact) mass is 459 g/mol. The molecule has 6 heteroatoms. The highest BCUT2D eigenvalue weighted by atomic mass is 35.5. The Bertz CT molecular complexity index is 1020. The van der Waals surface area contributed by atoms with Gasteiger partial charge in [-0.1, -0.05) is 59.1 Å². The van der Waals surface area contributed by atoms with Crippen molar-refractivity contribution in [3.05, 3.63) is 93.4 Å². The second kappa shape index (κ2) is 9.30. The third-order valence-corrected chi connectivity index (χ3v) is 6.12. The summed E-state index contributed by atoms with van der Waals surface area (Å²) in [4.78, 5) is 15.4. The summed E-state index contributed by atoms with van der Waals surface area (Å²) in [6.45, 7) is 0.327. The van der Waals surface area contributed by atoms with Gasteiger partial charge in [-0.2, -0.15) is 0 Å². The Kier molecular flexibility index (Phi) is 6.52. The highest BCUT2D eigenvalue weighted by Gasteiger charge is 2.38. The van der Waals surface area contributed by atoms with Gasteiger partial charge in [-0.05, 0) is 66.9 Å². The van der Waals surface area contributed by atoms with Crippen molar-refractivity contribution in [2.75, 3.05) is 11.5 Å². The molecular weight excluding hydrogens is 441 g/mol. The van der Waals surface area contributed by atoms with E-state index in [9.17, 15) is 4.79 Å². The van der Waals surface area contributed by atoms with Gasteiger partial charge >= 0.3 is 0 Å². The van der Waals surface area contributed by atoms with E-state index < -0.39 is 0 Å². The zero-order chi connectivity index (χ0) is 21.1. The van der Waals surface area contributed by atoms with E-state index in [-0.39, 0.29) is 17.9 Å². The standard InChI is InChI=1S/C24H20Cl3NO2/c25-17-7-10-19(11-8-17)28-23(21-12-9-18(26)14-22(21)27)13-6-16(24(28)29)15-30-20-4-2-1-3-5-20/h1-5,7-12,14,16,23H,6,13,15H2. The summed E-state index contributed by atoms with van der Waals surface area (Å²) in [6, 6.07) is 22.1. The number of para-hydroxylation sites is 1. The molecule has 0 aliphatic carbocycles. The number of piperidine rings is 1. The fraction of sp³-hybridized carbons (Fsp3) is 0.208. The molecule has 1 amide bonds. The minimum atomic E-state index is -0.247. The molecule has 3 nitrogen and oxygen atoms in total. The number of rotatable bonds is 5. The van der Waals surface area contributed by atoms with Crippen molar-refractivity contribution in [1.29, 1.82) is 0 Å². The average molecular weight is 461 g/mol. The Morgan fingerprint density at radius 3 is 2.27 bits per heavy atom. The van der Waals surface area contributed by atoms with E-state index in [1.807, 2.05) is 53.4 Å². The van der Waals surface area contributed by atoms with Crippen LogP contribution in [-0.2, 0) is 4.79 Å². The molecule has 30 heavy (non-hydrogen) atoms. The lowest BCUT2D eigenvalue weighted by Crippen LogP contribution is -2.45. The molecule has 1 aliphatic rings. The van der Waals surface area contributed by atoms with Gasteiger partial charge in [0.2, 0.25) is 5.91 Å². The molecule has 3 aromatic rings. The van der Waals surface area contributed by atoms with Gasteiger partial charge in [0.1, 0.15) is 5.75 Å². The van der Waals surface area contributed by atoms with Crippen molar-refractivity contribution >= 4 is 46.4 Å². The van der Waals surface area contributed by atoms with Crippen molar-refractivity contribution in [3.63, 3.8) is 0 Å². The van der Waals surface area contributed by atoms with Crippen LogP contribution in [0.15, 0.2) is 72.8 Å². The van der Waals surface area contributed by atoms with Gasteiger partial charge in [-0.3, -0.25) is 4.79 Å². The maximum atomic E-state index is 13.5. The highest BCUT2D eigenvalue weighted by molar-refractivity contribution is 6.35. The van der Waals surface area contributed by atoms with Crippen LogP contribution in [0.5, 0.6) is 5.75 Å². The fourth-order valence-corrected chi connectivity index (χ4v) is 4.47. The summed E-state index contributed by atoms with van der Waals surface area (Å²) in [5.74, 6) is 0.518. The minimum Gasteiger partial charge on any atom is -0.493 e. The molecule has 1 aliphatic heterocycles. The van der Waals surface area contributed by atoms with E-state index in [2.05, 4.69) is 0 Å². The molecule has 0 saturated carbocycles. The average Bonchev–Trinajstić information content (AvgIpc) is 2.74. The Morgan fingerprint density at radius 1 is 0.867 bits per heavy atom. The first kappa shape index (κ1) is 21.0. The SMILES string of the molecule is O=C1C(COc2ccccc2)CCC(c2ccc(Cl)cc2Cl)N1c1ccc(Cl)cc1. The Labute approximate surface area is 191 Å². The molecule has 1 heterocycles. The van der Waals surface area contributed by atoms with Crippen molar-refractivity contribution in [1.82, 2.24) is 0 Å². The van der Waals surface area contributed by atoms with E-state index >= 15 is 0 Å². The predicted molar refractivity (Wildman–Crippen MR) is 123 cm³/mol. The Hall–Kier alpha value is -2.20. The van der Waals surface area contributed by atoms with Crippen LogP contribution in [0.1, 0.15) is 24.4 Å². The summed E-state index contributed by atoms with van der Waals surface area (Å²) in [7, 11) is 0. The zero-order valence-corrected chi connectivity index (χ0v) is 18.4. The topological polar surface area (TPSA) is 29.5 Å². The van der Waals surface area contributed by atoms with E-state index in [1.54, 1.807) is 24.3 Å². The molecule has 1 fully saturated rings. The first-order valence-electron chi connectivity index (χ1n) is 9.74. The molecule has 2 unspecified atom stereocenters. The number of amides is 1. The van der Waals surface area contributed by atoms with Gasteiger partial charge in [0.05, 0.1) is 18.6 Å². The third-order valence-electron chi connectivity index (χ3n) is 5.31. The van der Waals surface area contributed by atoms with Crippen molar-refractivity contribution in [2.45, 2.75) is 18.9 Å². The summed E-state index contributed by atoms with van der Waals surface area (Å²) < 4.78 is 5.89. The number of anilines is 1. The normalized spacial score (nSPS) is 19.0. The number of carbonyl (C=O) groups is 1. The number of halogens is 3. The molecular formula is C24H20Cl3NO2. The molecule has 0 spiro atoms. The van der Waals surface area contributed by atoms with Gasteiger partial charge in [-0.25, -0.2) is 0 Å². The summed E-state index contributed by atoms with van der Waals surface area (Å²) >= 11 is 18.6. The number of carbonyl (C=O) groups excluding carboxylic acids is 1. The Morgan fingerprint density at radius 2 is 1.57 bits per heavy atom. The lowest BCUT2D eigenvalue weighted by Gasteiger charge is -2.40. The molecule has 0 radical (unpaired) electrons. The van der Waals surface area contributed by atoms with Crippen LogP contribution in [0.2, 0.25) is 15.1 Å². The number of nitrogens with zero attached hydrogens (tertiary/aromatic N) is 1. The number of hydrogen-bond acceptors (Lipinski definition) is 2. The molecule has 0 bridgehead atoms. The van der Waals surface area contributed by atoms with Crippen LogP contribution in [-0.4, -0.2) is 12.5 Å². The summed E-state index contributed by atoms with van der Waals surface area (Å²) in [5, 5.41) is 1.74. The van der Waals surface area contributed by atoms with Crippen molar-refractivity contribution < 1.29 is 9.53 Å². The molecule has 154 valence electrons. The molecule has 0 N–H and O–H groups in total. The Balaban J connectivity index is 1.63. The molecule has 4 rings (SSSR count). The van der Waals surface area contributed by atoms with E-state index in [0.717, 1.165) is 23.4 Å². The van der Waals surface area contributed by atoms with Crippen molar-refractivity contribution in [3.8, 4) is 5.75 Å². The molecule has 2 atom stereocenters. The fourth-order valence-electron chi connectivity index (χ4n) is 3.81. The smallest absolute Gasteiger partial charge is 0.234 e. The van der Waals surface area contributed by atoms with Crippen LogP contribution in [0, 0.1) is 5.92 Å². The number of benzene rings is 3. The molecule has 0 aromatic heterocycles. The third kappa shape index (κ3) is 4.59. The minimum absolute atomic E-state index is 0.00974. The van der Waals surface area contributed by atoms with Gasteiger partial charge in [0.25, 0.3) is 0 Å². The molecule has 1 saturated heterocycles. The van der Waals surface area contributed by atoms with E-state index in [0.29, 0.717) is 28.1 Å². The van der Waals surface area contributed by atoms with Crippen LogP contribution in [0.4, 0.5) is 5.69 Å². The van der Waals surface area contributed by atoms with Crippen LogP contribution < -0.4 is 9.64 Å². The van der Waals surface area contributed by atoms with Gasteiger partial charge in [-0.15, -0.1) is 0 Å². The predicted octanol–water partition coefficient (Wildman–Crippen LogP) is 7.21. The lowest BCUT2D eigenvalue weighted by atomic mass is 9.88. The van der Waals surface area contributed by atoms with E-state index in [1.165, 1.54) is 0 Å². The van der Waals surface area contributed by atoms with Gasteiger partial charge in [0.15, 0.2) is 0 Å². The van der Waals surface area contributed by atoms with Crippen LogP contribution in [0.3, 0.4) is 0 Å². The molecule has 3 aromatic carbocycles. The second-order valence-electron chi connectivity index (χ2n) is 7.26. The van der Waals surface area contributed by atoms with Crippen LogP contribution >= 0.6 is 34.8 Å². The van der Waals surface area contributed by atoms with Crippen molar-refractivity contribution in [2.24, 2.45) is 5.92 Å². The largest absolute Gasteiger partial charge is 0.493 e. The van der Waals surface area contributed by atoms with E-state index in [4.69, 9.17) is 39.5 Å². The zero-order valence-electron chi connectivity index (χ0n) is 16.1. The summed E-state index contributed by atoms with van der Waals surface area (Å²) in [6.07, 6.45) is 1.47. The quantitative estimate of drug-likeness (QED) is 0.402. The maximum Gasteiger partial charge on any atom is 0.234 e. The first-order chi connectivity index (χ1) is 14.5. The van der Waals surface area contributed by atoms with Gasteiger partial charge < -0.3 is 9.64 Å². The second-order valence-corrected chi connectivity index (χ2v) is 8.54. The highest BCUT2D eigenvalue weighted by Crippen LogP contribution is 2.41. The van der Waals surface area contributed by atoms with Gasteiger partial charge in [0, 0.05) is 20.8 Å². The summed E-state index contributed by atoms with van der Waals surface area (Å²) in [5.41, 5.74) is 1.66. The number of ether oxygens (including phenoxy) is 1.